The zero-order valence-corrected chi connectivity index (χ0v) is 18.8. The van der Waals surface area contributed by atoms with Gasteiger partial charge in [0.15, 0.2) is 0 Å². The normalized spacial score (nSPS) is 14.4. The summed E-state index contributed by atoms with van der Waals surface area (Å²) < 4.78 is 2.33. The van der Waals surface area contributed by atoms with Crippen LogP contribution in [0.1, 0.15) is 53.0 Å². The molecule has 0 spiro atoms. The number of aryl methyl sites for hydroxylation is 2. The van der Waals surface area contributed by atoms with Crippen molar-refractivity contribution in [3.8, 4) is 0 Å². The standard InChI is InChI=1S/C29H30N2O/c1-20-10-12-22(13-11-20)18-31-19-27(25-8-3-4-9-28(25)31)26(17-29(32)30-24-14-15-24)23-7-5-6-21(2)16-23/h3-13,16,19,24,26H,14-15,17-18H2,1-2H3,(H,30,32). The van der Waals surface area contributed by atoms with Crippen LogP contribution in [-0.4, -0.2) is 16.5 Å². The summed E-state index contributed by atoms with van der Waals surface area (Å²) in [7, 11) is 0. The number of carbonyl (C=O) groups excluding carboxylic acids is 1. The van der Waals surface area contributed by atoms with Gasteiger partial charge in [0.2, 0.25) is 5.91 Å². The second kappa shape index (κ2) is 8.66. The molecule has 3 nitrogen and oxygen atoms in total. The maximum Gasteiger partial charge on any atom is 0.221 e. The van der Waals surface area contributed by atoms with Crippen molar-refractivity contribution in [3.05, 3.63) is 107 Å². The number of nitrogens with one attached hydrogen (secondary N) is 1. The highest BCUT2D eigenvalue weighted by Gasteiger charge is 2.27. The van der Waals surface area contributed by atoms with Crippen LogP contribution in [0.2, 0.25) is 0 Å². The van der Waals surface area contributed by atoms with Crippen LogP contribution in [0.5, 0.6) is 0 Å². The van der Waals surface area contributed by atoms with Crippen LogP contribution in [0.25, 0.3) is 10.9 Å². The van der Waals surface area contributed by atoms with Crippen molar-refractivity contribution in [2.24, 2.45) is 0 Å². The monoisotopic (exact) mass is 422 g/mol. The Hall–Kier alpha value is -3.33. The van der Waals surface area contributed by atoms with Gasteiger partial charge in [-0.05, 0) is 49.4 Å². The number of nitrogens with zero attached hydrogens (tertiary/aromatic N) is 1. The van der Waals surface area contributed by atoms with Gasteiger partial charge in [0.25, 0.3) is 0 Å². The Bertz CT molecular complexity index is 1250. The number of para-hydroxylation sites is 1. The molecule has 1 heterocycles. The Morgan fingerprint density at radius 2 is 1.75 bits per heavy atom. The van der Waals surface area contributed by atoms with Crippen LogP contribution in [0.3, 0.4) is 0 Å². The average Bonchev–Trinajstić information content (AvgIpc) is 3.53. The number of fused-ring (bicyclic) bond motifs is 1. The molecule has 1 saturated carbocycles. The van der Waals surface area contributed by atoms with E-state index in [0.29, 0.717) is 12.5 Å². The Labute approximate surface area is 190 Å². The first-order chi connectivity index (χ1) is 15.6. The van der Waals surface area contributed by atoms with Crippen molar-refractivity contribution in [2.75, 3.05) is 0 Å². The van der Waals surface area contributed by atoms with E-state index < -0.39 is 0 Å². The van der Waals surface area contributed by atoms with Crippen molar-refractivity contribution in [1.29, 1.82) is 0 Å². The minimum absolute atomic E-state index is 0.0258. The Morgan fingerprint density at radius 3 is 2.50 bits per heavy atom. The van der Waals surface area contributed by atoms with Crippen molar-refractivity contribution in [1.82, 2.24) is 9.88 Å². The first-order valence-corrected chi connectivity index (χ1v) is 11.6. The summed E-state index contributed by atoms with van der Waals surface area (Å²) in [6, 6.07) is 26.3. The second-order valence-corrected chi connectivity index (χ2v) is 9.23. The van der Waals surface area contributed by atoms with Gasteiger partial charge in [-0.2, -0.15) is 0 Å². The molecule has 1 aromatic heterocycles. The predicted octanol–water partition coefficient (Wildman–Crippen LogP) is 6.11. The van der Waals surface area contributed by atoms with Gasteiger partial charge < -0.3 is 9.88 Å². The quantitative estimate of drug-likeness (QED) is 0.383. The van der Waals surface area contributed by atoms with Crippen LogP contribution in [0, 0.1) is 13.8 Å². The molecule has 1 N–H and O–H groups in total. The fraction of sp³-hybridized carbons (Fsp3) is 0.276. The molecule has 0 saturated heterocycles. The molecule has 4 aromatic rings. The van der Waals surface area contributed by atoms with E-state index in [1.807, 2.05) is 0 Å². The second-order valence-electron chi connectivity index (χ2n) is 9.23. The van der Waals surface area contributed by atoms with Crippen molar-refractivity contribution in [2.45, 2.75) is 51.6 Å². The van der Waals surface area contributed by atoms with Crippen LogP contribution < -0.4 is 5.32 Å². The fourth-order valence-electron chi connectivity index (χ4n) is 4.57. The van der Waals surface area contributed by atoms with E-state index >= 15 is 0 Å². The fourth-order valence-corrected chi connectivity index (χ4v) is 4.57. The number of hydrogen-bond donors (Lipinski definition) is 1. The van der Waals surface area contributed by atoms with E-state index in [1.54, 1.807) is 0 Å². The molecule has 0 aliphatic heterocycles. The summed E-state index contributed by atoms with van der Waals surface area (Å²) in [5.74, 6) is 0.173. The number of aromatic nitrogens is 1. The van der Waals surface area contributed by atoms with E-state index in [9.17, 15) is 4.79 Å². The third-order valence-corrected chi connectivity index (χ3v) is 6.44. The molecule has 3 aromatic carbocycles. The minimum Gasteiger partial charge on any atom is -0.353 e. The third kappa shape index (κ3) is 4.47. The SMILES string of the molecule is Cc1ccc(Cn2cc(C(CC(=O)NC3CC3)c3cccc(C)c3)c3ccccc32)cc1. The molecule has 1 unspecified atom stereocenters. The smallest absolute Gasteiger partial charge is 0.221 e. The summed E-state index contributed by atoms with van der Waals surface area (Å²) in [6.07, 6.45) is 4.95. The maximum atomic E-state index is 12.9. The summed E-state index contributed by atoms with van der Waals surface area (Å²) in [6.45, 7) is 5.05. The lowest BCUT2D eigenvalue weighted by molar-refractivity contribution is -0.121. The van der Waals surface area contributed by atoms with Gasteiger partial charge in [-0.15, -0.1) is 0 Å². The molecule has 0 radical (unpaired) electrons. The highest BCUT2D eigenvalue weighted by Crippen LogP contribution is 2.36. The van der Waals surface area contributed by atoms with Crippen LogP contribution >= 0.6 is 0 Å². The van der Waals surface area contributed by atoms with Crippen molar-refractivity contribution in [3.63, 3.8) is 0 Å². The number of rotatable bonds is 7. The van der Waals surface area contributed by atoms with Gasteiger partial charge in [-0.1, -0.05) is 77.9 Å². The molecule has 1 aliphatic rings. The zero-order chi connectivity index (χ0) is 22.1. The topological polar surface area (TPSA) is 34.0 Å². The van der Waals surface area contributed by atoms with Crippen molar-refractivity contribution < 1.29 is 4.79 Å². The van der Waals surface area contributed by atoms with Gasteiger partial charge in [0, 0.05) is 42.0 Å². The van der Waals surface area contributed by atoms with E-state index in [0.717, 1.165) is 19.4 Å². The number of carbonyl (C=O) groups is 1. The number of amides is 1. The summed E-state index contributed by atoms with van der Waals surface area (Å²) in [5.41, 5.74) is 7.41. The van der Waals surface area contributed by atoms with Gasteiger partial charge in [0.05, 0.1) is 0 Å². The third-order valence-electron chi connectivity index (χ3n) is 6.44. The molecule has 162 valence electrons. The van der Waals surface area contributed by atoms with Crippen LogP contribution in [0.15, 0.2) is 79.0 Å². The summed E-state index contributed by atoms with van der Waals surface area (Å²) in [5, 5.41) is 4.42. The molecule has 5 rings (SSSR count). The summed E-state index contributed by atoms with van der Waals surface area (Å²) >= 11 is 0. The number of hydrogen-bond acceptors (Lipinski definition) is 1. The Balaban J connectivity index is 1.56. The highest BCUT2D eigenvalue weighted by atomic mass is 16.1. The first-order valence-electron chi connectivity index (χ1n) is 11.6. The highest BCUT2D eigenvalue weighted by molar-refractivity contribution is 5.87. The maximum absolute atomic E-state index is 12.9. The van der Waals surface area contributed by atoms with Gasteiger partial charge >= 0.3 is 0 Å². The molecular formula is C29H30N2O. The Kier molecular flexibility index (Phi) is 5.57. The van der Waals surface area contributed by atoms with Crippen LogP contribution in [0.4, 0.5) is 0 Å². The first kappa shape index (κ1) is 20.6. The molecule has 3 heteroatoms. The molecule has 1 aliphatic carbocycles. The predicted molar refractivity (Wildman–Crippen MR) is 131 cm³/mol. The molecule has 0 bridgehead atoms. The van der Waals surface area contributed by atoms with E-state index in [-0.39, 0.29) is 11.8 Å². The van der Waals surface area contributed by atoms with Crippen LogP contribution in [-0.2, 0) is 11.3 Å². The van der Waals surface area contributed by atoms with Gasteiger partial charge in [-0.25, -0.2) is 0 Å². The zero-order valence-electron chi connectivity index (χ0n) is 18.8. The molecule has 1 amide bonds. The van der Waals surface area contributed by atoms with E-state index in [1.165, 1.54) is 38.7 Å². The van der Waals surface area contributed by atoms with Gasteiger partial charge in [-0.3, -0.25) is 4.79 Å². The lowest BCUT2D eigenvalue weighted by Crippen LogP contribution is -2.27. The summed E-state index contributed by atoms with van der Waals surface area (Å²) in [4.78, 5) is 12.9. The van der Waals surface area contributed by atoms with E-state index in [2.05, 4.69) is 103 Å². The van der Waals surface area contributed by atoms with Gasteiger partial charge in [0.1, 0.15) is 0 Å². The molecule has 32 heavy (non-hydrogen) atoms. The molecule has 1 atom stereocenters. The lowest BCUT2D eigenvalue weighted by Gasteiger charge is -2.18. The number of benzene rings is 3. The average molecular weight is 423 g/mol. The lowest BCUT2D eigenvalue weighted by atomic mass is 9.87. The Morgan fingerprint density at radius 1 is 0.969 bits per heavy atom. The van der Waals surface area contributed by atoms with E-state index in [4.69, 9.17) is 0 Å². The minimum atomic E-state index is 0.0258. The largest absolute Gasteiger partial charge is 0.353 e. The van der Waals surface area contributed by atoms with Crippen molar-refractivity contribution >= 4 is 16.8 Å². The molecular weight excluding hydrogens is 392 g/mol. The molecule has 1 fully saturated rings.